The fourth-order valence-corrected chi connectivity index (χ4v) is 9.01. The van der Waals surface area contributed by atoms with Crippen LogP contribution < -0.4 is 0 Å². The van der Waals surface area contributed by atoms with Crippen LogP contribution in [0.25, 0.3) is 0 Å². The van der Waals surface area contributed by atoms with Gasteiger partial charge in [-0.05, 0) is 75.5 Å². The van der Waals surface area contributed by atoms with Gasteiger partial charge in [0, 0.05) is 25.9 Å². The molecule has 7 atom stereocenters. The van der Waals surface area contributed by atoms with E-state index < -0.39 is 11.2 Å². The fourth-order valence-electron chi connectivity index (χ4n) is 9.01. The number of ether oxygens (including phenoxy) is 3. The fraction of sp³-hybridized carbons (Fsp3) is 0.889. The van der Waals surface area contributed by atoms with Crippen LogP contribution in [0, 0.1) is 28.6 Å². The van der Waals surface area contributed by atoms with Crippen molar-refractivity contribution >= 4 is 5.97 Å². The monoisotopic (exact) mass is 446 g/mol. The standard InChI is InChI=1S/C27H42O5/c1-18(29)31-24-13-12-22-21-11-10-19-7-6-15-27(30-3,32-20-8-4-5-9-20)26(19,17-28)23(21)14-16-25(22,24)2/h7,20-24,28H,4-6,8-17H2,1-3H3/t21?,22?,23?,24-,25-,26-,27?/m0/s1. The number of rotatable bonds is 5. The molecular formula is C27H42O5. The van der Waals surface area contributed by atoms with E-state index in [-0.39, 0.29) is 30.2 Å². The average Bonchev–Trinajstić information content (AvgIpc) is 3.40. The first-order valence-corrected chi connectivity index (χ1v) is 13.1. The maximum atomic E-state index is 11.8. The van der Waals surface area contributed by atoms with E-state index in [0.29, 0.717) is 17.8 Å². The molecule has 0 aromatic carbocycles. The second-order valence-electron chi connectivity index (χ2n) is 11.5. The molecule has 5 aliphatic carbocycles. The van der Waals surface area contributed by atoms with Crippen molar-refractivity contribution in [3.8, 4) is 0 Å². The molecule has 5 aliphatic rings. The average molecular weight is 447 g/mol. The van der Waals surface area contributed by atoms with E-state index in [1.807, 2.05) is 0 Å². The maximum absolute atomic E-state index is 11.8. The molecule has 0 spiro atoms. The molecule has 32 heavy (non-hydrogen) atoms. The highest BCUT2D eigenvalue weighted by molar-refractivity contribution is 5.66. The van der Waals surface area contributed by atoms with Crippen LogP contribution in [0.5, 0.6) is 0 Å². The van der Waals surface area contributed by atoms with E-state index in [0.717, 1.165) is 64.2 Å². The van der Waals surface area contributed by atoms with Gasteiger partial charge in [-0.15, -0.1) is 0 Å². The third-order valence-corrected chi connectivity index (χ3v) is 10.4. The highest BCUT2D eigenvalue weighted by Gasteiger charge is 2.68. The van der Waals surface area contributed by atoms with E-state index in [4.69, 9.17) is 14.2 Å². The first-order chi connectivity index (χ1) is 15.4. The van der Waals surface area contributed by atoms with Gasteiger partial charge < -0.3 is 19.3 Å². The largest absolute Gasteiger partial charge is 0.462 e. The van der Waals surface area contributed by atoms with Gasteiger partial charge in [0.25, 0.3) is 0 Å². The Bertz CT molecular complexity index is 757. The summed E-state index contributed by atoms with van der Waals surface area (Å²) in [6, 6.07) is 0. The summed E-state index contributed by atoms with van der Waals surface area (Å²) < 4.78 is 19.1. The lowest BCUT2D eigenvalue weighted by Crippen LogP contribution is -2.65. The number of aliphatic hydroxyl groups is 1. The summed E-state index contributed by atoms with van der Waals surface area (Å²) in [4.78, 5) is 11.8. The van der Waals surface area contributed by atoms with Crippen LogP contribution in [0.2, 0.25) is 0 Å². The summed E-state index contributed by atoms with van der Waals surface area (Å²) in [6.07, 6.45) is 15.4. The van der Waals surface area contributed by atoms with Crippen LogP contribution in [0.4, 0.5) is 0 Å². The molecule has 1 N–H and O–H groups in total. The number of aliphatic hydroxyl groups excluding tert-OH is 1. The third kappa shape index (κ3) is 3.17. The van der Waals surface area contributed by atoms with Crippen molar-refractivity contribution in [2.24, 2.45) is 28.6 Å². The van der Waals surface area contributed by atoms with Crippen LogP contribution in [0.1, 0.15) is 90.9 Å². The van der Waals surface area contributed by atoms with Gasteiger partial charge in [0.2, 0.25) is 0 Å². The quantitative estimate of drug-likeness (QED) is 0.359. The number of fused-ring (bicyclic) bond motifs is 5. The Morgan fingerprint density at radius 2 is 1.88 bits per heavy atom. The molecular weight excluding hydrogens is 404 g/mol. The molecule has 0 saturated heterocycles. The molecule has 0 radical (unpaired) electrons. The zero-order valence-corrected chi connectivity index (χ0v) is 20.2. The molecule has 4 unspecified atom stereocenters. The van der Waals surface area contributed by atoms with Crippen LogP contribution in [0.3, 0.4) is 0 Å². The van der Waals surface area contributed by atoms with Crippen molar-refractivity contribution in [2.45, 2.75) is 109 Å². The summed E-state index contributed by atoms with van der Waals surface area (Å²) in [5.41, 5.74) is 0.971. The van der Waals surface area contributed by atoms with Crippen molar-refractivity contribution < 1.29 is 24.1 Å². The minimum Gasteiger partial charge on any atom is -0.462 e. The van der Waals surface area contributed by atoms with Crippen molar-refractivity contribution in [3.63, 3.8) is 0 Å². The van der Waals surface area contributed by atoms with E-state index in [1.165, 1.54) is 25.3 Å². The molecule has 5 nitrogen and oxygen atoms in total. The van der Waals surface area contributed by atoms with E-state index in [2.05, 4.69) is 13.0 Å². The molecule has 0 amide bonds. The third-order valence-electron chi connectivity index (χ3n) is 10.4. The van der Waals surface area contributed by atoms with E-state index >= 15 is 0 Å². The molecule has 5 heteroatoms. The lowest BCUT2D eigenvalue weighted by atomic mass is 9.45. The van der Waals surface area contributed by atoms with E-state index in [9.17, 15) is 9.90 Å². The molecule has 4 saturated carbocycles. The van der Waals surface area contributed by atoms with Gasteiger partial charge in [-0.1, -0.05) is 31.4 Å². The number of allylic oxidation sites excluding steroid dienone is 1. The smallest absolute Gasteiger partial charge is 0.302 e. The predicted octanol–water partition coefficient (Wildman–Crippen LogP) is 5.16. The number of carbonyl (C=O) groups is 1. The second kappa shape index (κ2) is 8.39. The lowest BCUT2D eigenvalue weighted by Gasteiger charge is -2.63. The van der Waals surface area contributed by atoms with E-state index in [1.54, 1.807) is 7.11 Å². The molecule has 0 bridgehead atoms. The molecule has 5 rings (SSSR count). The molecule has 4 fully saturated rings. The highest BCUT2D eigenvalue weighted by atomic mass is 16.7. The van der Waals surface area contributed by atoms with Crippen LogP contribution in [0.15, 0.2) is 11.6 Å². The first-order valence-electron chi connectivity index (χ1n) is 13.1. The van der Waals surface area contributed by atoms with Crippen LogP contribution in [-0.2, 0) is 19.0 Å². The summed E-state index contributed by atoms with van der Waals surface area (Å²) in [5.74, 6) is 0.502. The Morgan fingerprint density at radius 3 is 2.56 bits per heavy atom. The Morgan fingerprint density at radius 1 is 1.09 bits per heavy atom. The maximum Gasteiger partial charge on any atom is 0.302 e. The second-order valence-corrected chi connectivity index (χ2v) is 11.5. The lowest BCUT2D eigenvalue weighted by molar-refractivity contribution is -0.332. The van der Waals surface area contributed by atoms with Crippen LogP contribution >= 0.6 is 0 Å². The number of hydrogen-bond acceptors (Lipinski definition) is 5. The topological polar surface area (TPSA) is 65.0 Å². The summed E-state index contributed by atoms with van der Waals surface area (Å²) in [6.45, 7) is 3.98. The van der Waals surface area contributed by atoms with Gasteiger partial charge in [-0.3, -0.25) is 4.79 Å². The molecule has 180 valence electrons. The molecule has 0 aliphatic heterocycles. The van der Waals surface area contributed by atoms with Gasteiger partial charge in [0.15, 0.2) is 5.79 Å². The molecule has 0 aromatic rings. The zero-order chi connectivity index (χ0) is 22.6. The van der Waals surface area contributed by atoms with Gasteiger partial charge in [0.1, 0.15) is 6.10 Å². The van der Waals surface area contributed by atoms with Crippen molar-refractivity contribution in [1.29, 1.82) is 0 Å². The van der Waals surface area contributed by atoms with Crippen molar-refractivity contribution in [2.75, 3.05) is 13.7 Å². The van der Waals surface area contributed by atoms with Gasteiger partial charge >= 0.3 is 5.97 Å². The van der Waals surface area contributed by atoms with Gasteiger partial charge in [-0.2, -0.15) is 0 Å². The van der Waals surface area contributed by atoms with Gasteiger partial charge in [-0.25, -0.2) is 0 Å². The Hall–Kier alpha value is -0.910. The Kier molecular flexibility index (Phi) is 5.99. The number of esters is 1. The molecule has 0 aromatic heterocycles. The van der Waals surface area contributed by atoms with Crippen molar-refractivity contribution in [1.82, 2.24) is 0 Å². The summed E-state index contributed by atoms with van der Waals surface area (Å²) in [5, 5.41) is 11.2. The minimum absolute atomic E-state index is 0.0289. The zero-order valence-electron chi connectivity index (χ0n) is 20.2. The number of carbonyl (C=O) groups excluding carboxylic acids is 1. The Labute approximate surface area is 193 Å². The number of hydrogen-bond donors (Lipinski definition) is 1. The highest BCUT2D eigenvalue weighted by Crippen LogP contribution is 2.68. The van der Waals surface area contributed by atoms with Crippen LogP contribution in [-0.4, -0.2) is 42.8 Å². The first kappa shape index (κ1) is 22.9. The normalized spacial score (nSPS) is 46.2. The summed E-state index contributed by atoms with van der Waals surface area (Å²) >= 11 is 0. The van der Waals surface area contributed by atoms with Gasteiger partial charge in [0.05, 0.1) is 18.1 Å². The molecule has 0 heterocycles. The van der Waals surface area contributed by atoms with Crippen molar-refractivity contribution in [3.05, 3.63) is 11.6 Å². The summed E-state index contributed by atoms with van der Waals surface area (Å²) in [7, 11) is 1.80. The minimum atomic E-state index is -0.730. The Balaban J connectivity index is 1.51. The number of methoxy groups -OCH3 is 1. The SMILES string of the molecule is COC1(OC2CCCC2)CCC=C2CCC3C4CC[C@H](OC(C)=O)[C@@]4(C)CCC3[C@]21CO. The predicted molar refractivity (Wildman–Crippen MR) is 122 cm³/mol.